The summed E-state index contributed by atoms with van der Waals surface area (Å²) in [7, 11) is 1.72. The first-order valence-electron chi connectivity index (χ1n) is 7.47. The van der Waals surface area contributed by atoms with Gasteiger partial charge in [0.05, 0.1) is 0 Å². The van der Waals surface area contributed by atoms with Crippen molar-refractivity contribution in [3.63, 3.8) is 0 Å². The van der Waals surface area contributed by atoms with E-state index in [0.717, 1.165) is 25.9 Å². The lowest BCUT2D eigenvalue weighted by Gasteiger charge is -2.34. The number of rotatable bonds is 10. The second kappa shape index (κ2) is 8.54. The molecule has 1 unspecified atom stereocenters. The van der Waals surface area contributed by atoms with Gasteiger partial charge in [-0.25, -0.2) is 0 Å². The van der Waals surface area contributed by atoms with E-state index in [9.17, 15) is 9.90 Å². The minimum absolute atomic E-state index is 0.553. The molecule has 0 amide bonds. The van der Waals surface area contributed by atoms with Crippen molar-refractivity contribution in [2.24, 2.45) is 5.92 Å². The fourth-order valence-corrected chi connectivity index (χ4v) is 2.40. The van der Waals surface area contributed by atoms with Crippen LogP contribution in [0.4, 0.5) is 0 Å². The number of carbonyl (C=O) groups is 1. The summed E-state index contributed by atoms with van der Waals surface area (Å²) in [4.78, 5) is 13.8. The minimum atomic E-state index is -0.832. The van der Waals surface area contributed by atoms with Crippen molar-refractivity contribution >= 4 is 5.97 Å². The number of nitrogens with zero attached hydrogens (tertiary/aromatic N) is 1. The van der Waals surface area contributed by atoms with Gasteiger partial charge in [-0.1, -0.05) is 27.7 Å². The van der Waals surface area contributed by atoms with Crippen LogP contribution in [0.15, 0.2) is 0 Å². The van der Waals surface area contributed by atoms with Crippen LogP contribution in [0.2, 0.25) is 0 Å². The van der Waals surface area contributed by atoms with Gasteiger partial charge in [0.1, 0.15) is 5.54 Å². The van der Waals surface area contributed by atoms with E-state index >= 15 is 0 Å². The average Bonchev–Trinajstić information content (AvgIpc) is 2.35. The molecule has 0 saturated carbocycles. The predicted octanol–water partition coefficient (Wildman–Crippen LogP) is 2.59. The monoisotopic (exact) mass is 272 g/mol. The number of carboxylic acids is 1. The molecule has 0 radical (unpaired) electrons. The largest absolute Gasteiger partial charge is 0.480 e. The first-order chi connectivity index (χ1) is 8.80. The van der Waals surface area contributed by atoms with E-state index in [1.54, 1.807) is 14.0 Å². The van der Waals surface area contributed by atoms with Gasteiger partial charge in [0.25, 0.3) is 0 Å². The lowest BCUT2D eigenvalue weighted by molar-refractivity contribution is -0.144. The molecule has 114 valence electrons. The Bertz CT molecular complexity index is 265. The quantitative estimate of drug-likeness (QED) is 0.642. The number of nitrogens with one attached hydrogen (secondary N) is 1. The summed E-state index contributed by atoms with van der Waals surface area (Å²) in [5.74, 6) is -0.171. The van der Waals surface area contributed by atoms with E-state index in [0.29, 0.717) is 18.4 Å². The Hall–Kier alpha value is -0.610. The molecule has 0 aromatic rings. The van der Waals surface area contributed by atoms with Crippen molar-refractivity contribution in [2.45, 2.75) is 65.5 Å². The van der Waals surface area contributed by atoms with Gasteiger partial charge < -0.3 is 15.3 Å². The van der Waals surface area contributed by atoms with E-state index in [-0.39, 0.29) is 0 Å². The molecule has 0 rings (SSSR count). The van der Waals surface area contributed by atoms with Gasteiger partial charge in [-0.2, -0.15) is 0 Å². The lowest BCUT2D eigenvalue weighted by atomic mass is 9.96. The molecule has 19 heavy (non-hydrogen) atoms. The zero-order valence-corrected chi connectivity index (χ0v) is 13.5. The Kier molecular flexibility index (Phi) is 8.26. The van der Waals surface area contributed by atoms with E-state index in [4.69, 9.17) is 0 Å². The van der Waals surface area contributed by atoms with Crippen LogP contribution >= 0.6 is 0 Å². The third-order valence-electron chi connectivity index (χ3n) is 3.98. The zero-order chi connectivity index (χ0) is 15.1. The first kappa shape index (κ1) is 18.4. The van der Waals surface area contributed by atoms with Crippen LogP contribution in [0.25, 0.3) is 0 Å². The number of hydrogen-bond donors (Lipinski definition) is 2. The molecule has 4 heteroatoms. The molecule has 0 spiro atoms. The summed E-state index contributed by atoms with van der Waals surface area (Å²) in [6.45, 7) is 12.5. The van der Waals surface area contributed by atoms with E-state index in [1.807, 2.05) is 0 Å². The molecule has 0 aliphatic heterocycles. The molecule has 0 aliphatic carbocycles. The molecule has 0 heterocycles. The van der Waals surface area contributed by atoms with Gasteiger partial charge in [0.15, 0.2) is 0 Å². The Labute approximate surface area is 118 Å². The van der Waals surface area contributed by atoms with E-state index in [1.165, 1.54) is 0 Å². The van der Waals surface area contributed by atoms with Crippen molar-refractivity contribution in [2.75, 3.05) is 20.1 Å². The van der Waals surface area contributed by atoms with Gasteiger partial charge in [-0.05, 0) is 39.2 Å². The van der Waals surface area contributed by atoms with Crippen LogP contribution in [0.1, 0.15) is 53.9 Å². The van der Waals surface area contributed by atoms with E-state index < -0.39 is 11.5 Å². The van der Waals surface area contributed by atoms with Gasteiger partial charge in [0.2, 0.25) is 0 Å². The molecular formula is C15H32N2O2. The number of hydrogen-bond acceptors (Lipinski definition) is 3. The molecule has 2 N–H and O–H groups in total. The van der Waals surface area contributed by atoms with Crippen LogP contribution in [0.5, 0.6) is 0 Å². The maximum absolute atomic E-state index is 11.3. The minimum Gasteiger partial charge on any atom is -0.480 e. The average molecular weight is 272 g/mol. The van der Waals surface area contributed by atoms with Crippen LogP contribution in [0.3, 0.4) is 0 Å². The SMILES string of the molecule is CCC(CC)N(CCC(C)(NC)C(=O)O)CC(C)C. The Balaban J connectivity index is 4.68. The van der Waals surface area contributed by atoms with Crippen molar-refractivity contribution in [3.05, 3.63) is 0 Å². The number of carboxylic acid groups (broad SMARTS) is 1. The first-order valence-corrected chi connectivity index (χ1v) is 7.47. The second-order valence-electron chi connectivity index (χ2n) is 6.00. The molecule has 0 aliphatic rings. The number of aliphatic carboxylic acids is 1. The Morgan fingerprint density at radius 3 is 2.16 bits per heavy atom. The molecule has 0 fully saturated rings. The number of likely N-dealkylation sites (N-methyl/N-ethyl adjacent to an activating group) is 1. The van der Waals surface area contributed by atoms with Gasteiger partial charge in [-0.3, -0.25) is 4.79 Å². The summed E-state index contributed by atoms with van der Waals surface area (Å²) >= 11 is 0. The highest BCUT2D eigenvalue weighted by Crippen LogP contribution is 2.16. The van der Waals surface area contributed by atoms with Crippen molar-refractivity contribution in [1.29, 1.82) is 0 Å². The normalized spacial score (nSPS) is 15.2. The predicted molar refractivity (Wildman–Crippen MR) is 80.5 cm³/mol. The topological polar surface area (TPSA) is 52.6 Å². The van der Waals surface area contributed by atoms with E-state index in [2.05, 4.69) is 37.9 Å². The zero-order valence-electron chi connectivity index (χ0n) is 13.5. The smallest absolute Gasteiger partial charge is 0.323 e. The third-order valence-corrected chi connectivity index (χ3v) is 3.98. The molecule has 0 saturated heterocycles. The van der Waals surface area contributed by atoms with Crippen molar-refractivity contribution < 1.29 is 9.90 Å². The summed E-state index contributed by atoms with van der Waals surface area (Å²) in [6, 6.07) is 0.553. The van der Waals surface area contributed by atoms with Gasteiger partial charge >= 0.3 is 5.97 Å². The highest BCUT2D eigenvalue weighted by atomic mass is 16.4. The highest BCUT2D eigenvalue weighted by Gasteiger charge is 2.32. The van der Waals surface area contributed by atoms with Crippen LogP contribution < -0.4 is 5.32 Å². The highest BCUT2D eigenvalue weighted by molar-refractivity contribution is 5.78. The molecule has 0 aromatic carbocycles. The van der Waals surface area contributed by atoms with Gasteiger partial charge in [0, 0.05) is 19.1 Å². The molecule has 0 bridgehead atoms. The Morgan fingerprint density at radius 2 is 1.84 bits per heavy atom. The maximum atomic E-state index is 11.3. The molecule has 4 nitrogen and oxygen atoms in total. The molecular weight excluding hydrogens is 240 g/mol. The summed E-state index contributed by atoms with van der Waals surface area (Å²) in [5, 5.41) is 12.2. The summed E-state index contributed by atoms with van der Waals surface area (Å²) in [5.41, 5.74) is -0.832. The summed E-state index contributed by atoms with van der Waals surface area (Å²) < 4.78 is 0. The van der Waals surface area contributed by atoms with Crippen LogP contribution in [0, 0.1) is 5.92 Å². The summed E-state index contributed by atoms with van der Waals surface area (Å²) in [6.07, 6.45) is 2.86. The fraction of sp³-hybridized carbons (Fsp3) is 0.933. The van der Waals surface area contributed by atoms with Gasteiger partial charge in [-0.15, -0.1) is 0 Å². The van der Waals surface area contributed by atoms with Crippen molar-refractivity contribution in [3.8, 4) is 0 Å². The second-order valence-corrected chi connectivity index (χ2v) is 6.00. The standard InChI is InChI=1S/C15H32N2O2/c1-7-13(8-2)17(11-12(3)4)10-9-15(5,16-6)14(18)19/h12-13,16H,7-11H2,1-6H3,(H,18,19). The van der Waals surface area contributed by atoms with Crippen molar-refractivity contribution in [1.82, 2.24) is 10.2 Å². The third kappa shape index (κ3) is 5.91. The maximum Gasteiger partial charge on any atom is 0.323 e. The van der Waals surface area contributed by atoms with Crippen LogP contribution in [-0.4, -0.2) is 47.7 Å². The molecule has 1 atom stereocenters. The Morgan fingerprint density at radius 1 is 1.32 bits per heavy atom. The molecule has 0 aromatic heterocycles. The lowest BCUT2D eigenvalue weighted by Crippen LogP contribution is -2.50. The van der Waals surface area contributed by atoms with Crippen LogP contribution in [-0.2, 0) is 4.79 Å². The fourth-order valence-electron chi connectivity index (χ4n) is 2.40.